The minimum absolute atomic E-state index is 0.137. The summed E-state index contributed by atoms with van der Waals surface area (Å²) in [7, 11) is 0. The van der Waals surface area contributed by atoms with Crippen molar-refractivity contribution in [1.29, 1.82) is 0 Å². The van der Waals surface area contributed by atoms with Crippen LogP contribution in [0.15, 0.2) is 54.7 Å². The predicted octanol–water partition coefficient (Wildman–Crippen LogP) is 2.05. The van der Waals surface area contributed by atoms with Gasteiger partial charge in [-0.05, 0) is 30.5 Å². The average molecular weight is 350 g/mol. The van der Waals surface area contributed by atoms with E-state index in [-0.39, 0.29) is 11.3 Å². The number of benzene rings is 1. The fraction of sp³-hybridized carbons (Fsp3) is 0.429. The van der Waals surface area contributed by atoms with Crippen LogP contribution in [-0.4, -0.2) is 55.1 Å². The van der Waals surface area contributed by atoms with Gasteiger partial charge in [-0.2, -0.15) is 0 Å². The summed E-state index contributed by atoms with van der Waals surface area (Å²) >= 11 is 0. The third-order valence-corrected chi connectivity index (χ3v) is 5.58. The number of pyridine rings is 1. The average Bonchev–Trinajstić information content (AvgIpc) is 3.50. The molecule has 1 amide bonds. The molecule has 0 unspecified atom stereocenters. The summed E-state index contributed by atoms with van der Waals surface area (Å²) in [6.45, 7) is 4.86. The number of carbonyl (C=O) groups excluding carboxylic acids is 1. The molecule has 26 heavy (non-hydrogen) atoms. The van der Waals surface area contributed by atoms with Crippen LogP contribution in [0.5, 0.6) is 0 Å². The molecule has 0 atom stereocenters. The van der Waals surface area contributed by atoms with Crippen molar-refractivity contribution in [1.82, 2.24) is 15.2 Å². The van der Waals surface area contributed by atoms with E-state index in [2.05, 4.69) is 44.4 Å². The summed E-state index contributed by atoms with van der Waals surface area (Å²) in [6.07, 6.45) is 4.16. The molecule has 1 saturated carbocycles. The number of amides is 1. The first-order valence-corrected chi connectivity index (χ1v) is 9.46. The van der Waals surface area contributed by atoms with E-state index in [4.69, 9.17) is 0 Å². The van der Waals surface area contributed by atoms with Crippen LogP contribution in [0.2, 0.25) is 0 Å². The molecule has 1 saturated heterocycles. The molecular weight excluding hydrogens is 324 g/mol. The van der Waals surface area contributed by atoms with E-state index in [9.17, 15) is 4.79 Å². The van der Waals surface area contributed by atoms with E-state index in [1.807, 2.05) is 30.5 Å². The fourth-order valence-electron chi connectivity index (χ4n) is 3.71. The topological polar surface area (TPSA) is 48.5 Å². The molecule has 0 radical (unpaired) electrons. The van der Waals surface area contributed by atoms with Crippen molar-refractivity contribution in [3.63, 3.8) is 0 Å². The number of nitrogens with one attached hydrogen (secondary N) is 1. The van der Waals surface area contributed by atoms with Gasteiger partial charge in [-0.15, -0.1) is 0 Å². The van der Waals surface area contributed by atoms with Crippen LogP contribution in [0.1, 0.15) is 18.4 Å². The number of hydrogen-bond donors (Lipinski definition) is 1. The first-order chi connectivity index (χ1) is 12.8. The second-order valence-corrected chi connectivity index (χ2v) is 7.37. The number of anilines is 1. The monoisotopic (exact) mass is 350 g/mol. The molecule has 4 rings (SSSR count). The lowest BCUT2D eigenvalue weighted by molar-refractivity contribution is -0.122. The van der Waals surface area contributed by atoms with Gasteiger partial charge in [0.05, 0.1) is 6.54 Å². The summed E-state index contributed by atoms with van der Waals surface area (Å²) in [4.78, 5) is 21.3. The van der Waals surface area contributed by atoms with Gasteiger partial charge < -0.3 is 10.2 Å². The largest absolute Gasteiger partial charge is 0.354 e. The van der Waals surface area contributed by atoms with Crippen LogP contribution in [0.4, 0.5) is 5.82 Å². The summed E-state index contributed by atoms with van der Waals surface area (Å²) in [5, 5.41) is 3.17. The van der Waals surface area contributed by atoms with Crippen LogP contribution in [0, 0.1) is 0 Å². The fourth-order valence-corrected chi connectivity index (χ4v) is 3.71. The quantitative estimate of drug-likeness (QED) is 0.866. The highest BCUT2D eigenvalue weighted by Gasteiger charge is 2.44. The number of piperazine rings is 1. The zero-order valence-corrected chi connectivity index (χ0v) is 15.1. The van der Waals surface area contributed by atoms with E-state index in [0.717, 1.165) is 38.5 Å². The SMILES string of the molecule is O=C(CN1CCN(c2ccccn2)CC1)NCC1(c2ccccc2)CC1. The van der Waals surface area contributed by atoms with Crippen molar-refractivity contribution in [3.05, 3.63) is 60.3 Å². The lowest BCUT2D eigenvalue weighted by Crippen LogP contribution is -2.50. The Balaban J connectivity index is 1.23. The molecule has 0 spiro atoms. The number of aromatic nitrogens is 1. The molecule has 2 fully saturated rings. The molecule has 136 valence electrons. The highest BCUT2D eigenvalue weighted by atomic mass is 16.2. The van der Waals surface area contributed by atoms with Gasteiger partial charge in [0, 0.05) is 44.3 Å². The van der Waals surface area contributed by atoms with Crippen molar-refractivity contribution in [2.24, 2.45) is 0 Å². The lowest BCUT2D eigenvalue weighted by Gasteiger charge is -2.35. The lowest BCUT2D eigenvalue weighted by atomic mass is 9.96. The van der Waals surface area contributed by atoms with Gasteiger partial charge in [0.15, 0.2) is 0 Å². The van der Waals surface area contributed by atoms with Crippen molar-refractivity contribution in [3.8, 4) is 0 Å². The van der Waals surface area contributed by atoms with Gasteiger partial charge in [-0.1, -0.05) is 36.4 Å². The summed E-state index contributed by atoms with van der Waals surface area (Å²) in [5.41, 5.74) is 1.53. The van der Waals surface area contributed by atoms with Crippen LogP contribution < -0.4 is 10.2 Å². The number of nitrogens with zero attached hydrogens (tertiary/aromatic N) is 3. The summed E-state index contributed by atoms with van der Waals surface area (Å²) in [6, 6.07) is 16.6. The molecule has 1 aliphatic carbocycles. The Bertz CT molecular complexity index is 722. The number of hydrogen-bond acceptors (Lipinski definition) is 4. The molecule has 1 aliphatic heterocycles. The Labute approximate surface area is 155 Å². The van der Waals surface area contributed by atoms with Crippen LogP contribution in [-0.2, 0) is 10.2 Å². The minimum Gasteiger partial charge on any atom is -0.354 e. The van der Waals surface area contributed by atoms with E-state index < -0.39 is 0 Å². The standard InChI is InChI=1S/C21H26N4O/c26-20(23-17-21(9-10-21)18-6-2-1-3-7-18)16-24-12-14-25(15-13-24)19-8-4-5-11-22-19/h1-8,11H,9-10,12-17H2,(H,23,26). The Kier molecular flexibility index (Phi) is 4.89. The van der Waals surface area contributed by atoms with Gasteiger partial charge in [-0.25, -0.2) is 4.98 Å². The van der Waals surface area contributed by atoms with E-state index in [1.54, 1.807) is 0 Å². The molecule has 2 aliphatic rings. The third kappa shape index (κ3) is 3.88. The molecule has 1 aromatic heterocycles. The van der Waals surface area contributed by atoms with Gasteiger partial charge >= 0.3 is 0 Å². The Morgan fingerprint density at radius 3 is 2.38 bits per heavy atom. The maximum atomic E-state index is 12.4. The van der Waals surface area contributed by atoms with E-state index in [0.29, 0.717) is 6.54 Å². The highest BCUT2D eigenvalue weighted by Crippen LogP contribution is 2.47. The second kappa shape index (κ2) is 7.46. The zero-order chi connectivity index (χ0) is 17.8. The molecular formula is C21H26N4O. The van der Waals surface area contributed by atoms with Crippen molar-refractivity contribution in [2.45, 2.75) is 18.3 Å². The molecule has 1 aromatic carbocycles. The highest BCUT2D eigenvalue weighted by molar-refractivity contribution is 5.78. The molecule has 5 heteroatoms. The van der Waals surface area contributed by atoms with Gasteiger partial charge in [0.1, 0.15) is 5.82 Å². The van der Waals surface area contributed by atoms with Crippen LogP contribution >= 0.6 is 0 Å². The number of rotatable bonds is 6. The molecule has 0 bridgehead atoms. The summed E-state index contributed by atoms with van der Waals surface area (Å²) in [5.74, 6) is 1.16. The maximum absolute atomic E-state index is 12.4. The Morgan fingerprint density at radius 1 is 1.00 bits per heavy atom. The first kappa shape index (κ1) is 17.0. The van der Waals surface area contributed by atoms with Crippen molar-refractivity contribution >= 4 is 11.7 Å². The molecule has 2 heterocycles. The van der Waals surface area contributed by atoms with Gasteiger partial charge in [0.2, 0.25) is 5.91 Å². The Morgan fingerprint density at radius 2 is 1.73 bits per heavy atom. The third-order valence-electron chi connectivity index (χ3n) is 5.58. The van der Waals surface area contributed by atoms with Crippen molar-refractivity contribution in [2.75, 3.05) is 44.2 Å². The summed E-state index contributed by atoms with van der Waals surface area (Å²) < 4.78 is 0. The van der Waals surface area contributed by atoms with E-state index >= 15 is 0 Å². The maximum Gasteiger partial charge on any atom is 0.234 e. The van der Waals surface area contributed by atoms with Crippen molar-refractivity contribution < 1.29 is 4.79 Å². The smallest absolute Gasteiger partial charge is 0.234 e. The van der Waals surface area contributed by atoms with Crippen LogP contribution in [0.25, 0.3) is 0 Å². The normalized spacial score (nSPS) is 19.2. The first-order valence-electron chi connectivity index (χ1n) is 9.46. The molecule has 5 nitrogen and oxygen atoms in total. The van der Waals surface area contributed by atoms with Crippen LogP contribution in [0.3, 0.4) is 0 Å². The molecule has 2 aromatic rings. The van der Waals surface area contributed by atoms with Gasteiger partial charge in [-0.3, -0.25) is 9.69 Å². The van der Waals surface area contributed by atoms with Gasteiger partial charge in [0.25, 0.3) is 0 Å². The molecule has 1 N–H and O–H groups in total. The minimum atomic E-state index is 0.137. The van der Waals surface area contributed by atoms with E-state index in [1.165, 1.54) is 18.4 Å². The predicted molar refractivity (Wildman–Crippen MR) is 103 cm³/mol. The zero-order valence-electron chi connectivity index (χ0n) is 15.1. The number of carbonyl (C=O) groups is 1. The Hall–Kier alpha value is -2.40. The second-order valence-electron chi connectivity index (χ2n) is 7.37.